The van der Waals surface area contributed by atoms with Gasteiger partial charge in [-0.25, -0.2) is 8.78 Å². The van der Waals surface area contributed by atoms with Crippen molar-refractivity contribution in [2.75, 3.05) is 0 Å². The normalized spacial score (nSPS) is 18.5. The number of ether oxygens (including phenoxy) is 1. The van der Waals surface area contributed by atoms with Gasteiger partial charge in [0.1, 0.15) is 5.82 Å². The predicted octanol–water partition coefficient (Wildman–Crippen LogP) is 7.82. The molecule has 0 bridgehead atoms. The Hall–Kier alpha value is -2.23. The van der Waals surface area contributed by atoms with Crippen LogP contribution in [-0.2, 0) is 17.6 Å². The molecular formula is C28H36F2O2. The van der Waals surface area contributed by atoms with E-state index in [2.05, 4.69) is 6.92 Å². The molecule has 0 aliphatic heterocycles. The van der Waals surface area contributed by atoms with Crippen molar-refractivity contribution in [2.24, 2.45) is 11.8 Å². The van der Waals surface area contributed by atoms with Crippen LogP contribution in [0.4, 0.5) is 8.78 Å². The second-order valence-corrected chi connectivity index (χ2v) is 9.23. The van der Waals surface area contributed by atoms with Gasteiger partial charge in [0, 0.05) is 0 Å². The third kappa shape index (κ3) is 7.72. The maximum absolute atomic E-state index is 14.5. The number of aryl methyl sites for hydroxylation is 2. The molecular weight excluding hydrogens is 406 g/mol. The van der Waals surface area contributed by atoms with E-state index in [0.717, 1.165) is 42.7 Å². The van der Waals surface area contributed by atoms with E-state index in [-0.39, 0.29) is 23.5 Å². The van der Waals surface area contributed by atoms with Gasteiger partial charge in [-0.3, -0.25) is 4.79 Å². The first-order valence-electron chi connectivity index (χ1n) is 12.3. The largest absolute Gasteiger partial charge is 0.423 e. The topological polar surface area (TPSA) is 26.3 Å². The maximum Gasteiger partial charge on any atom is 0.314 e. The highest BCUT2D eigenvalue weighted by molar-refractivity contribution is 5.75. The predicted molar refractivity (Wildman–Crippen MR) is 125 cm³/mol. The van der Waals surface area contributed by atoms with Gasteiger partial charge in [-0.2, -0.15) is 0 Å². The van der Waals surface area contributed by atoms with Crippen LogP contribution in [0, 0.1) is 23.5 Å². The van der Waals surface area contributed by atoms with Crippen molar-refractivity contribution in [3.05, 3.63) is 65.2 Å². The highest BCUT2D eigenvalue weighted by atomic mass is 19.1. The molecule has 1 fully saturated rings. The van der Waals surface area contributed by atoms with Gasteiger partial charge in [-0.1, -0.05) is 63.6 Å². The summed E-state index contributed by atoms with van der Waals surface area (Å²) in [5.74, 6) is -0.456. The fraction of sp³-hybridized carbons (Fsp3) is 0.536. The van der Waals surface area contributed by atoms with Crippen molar-refractivity contribution in [1.29, 1.82) is 0 Å². The number of rotatable bonds is 11. The van der Waals surface area contributed by atoms with Crippen LogP contribution in [0.5, 0.6) is 5.75 Å². The van der Waals surface area contributed by atoms with E-state index in [4.69, 9.17) is 4.74 Å². The van der Waals surface area contributed by atoms with Gasteiger partial charge < -0.3 is 4.74 Å². The van der Waals surface area contributed by atoms with Crippen LogP contribution in [0.1, 0.15) is 82.3 Å². The third-order valence-electron chi connectivity index (χ3n) is 6.72. The number of halogens is 2. The Morgan fingerprint density at radius 2 is 1.53 bits per heavy atom. The number of unbranched alkanes of at least 4 members (excludes halogenated alkanes) is 4. The van der Waals surface area contributed by atoms with Gasteiger partial charge >= 0.3 is 5.97 Å². The average Bonchev–Trinajstić information content (AvgIpc) is 2.80. The fourth-order valence-electron chi connectivity index (χ4n) is 4.64. The summed E-state index contributed by atoms with van der Waals surface area (Å²) < 4.78 is 32.9. The molecule has 0 unspecified atom stereocenters. The molecule has 2 aromatic rings. The Morgan fingerprint density at radius 3 is 2.22 bits per heavy atom. The molecule has 174 valence electrons. The van der Waals surface area contributed by atoms with Gasteiger partial charge in [0.25, 0.3) is 0 Å². The van der Waals surface area contributed by atoms with Crippen LogP contribution in [0.3, 0.4) is 0 Å². The second kappa shape index (κ2) is 12.7. The molecule has 1 aliphatic rings. The molecule has 1 saturated carbocycles. The number of carbonyl (C=O) groups is 1. The molecule has 0 N–H and O–H groups in total. The summed E-state index contributed by atoms with van der Waals surface area (Å²) in [4.78, 5) is 12.6. The highest BCUT2D eigenvalue weighted by Crippen LogP contribution is 2.33. The molecule has 32 heavy (non-hydrogen) atoms. The smallest absolute Gasteiger partial charge is 0.314 e. The third-order valence-corrected chi connectivity index (χ3v) is 6.72. The minimum absolute atomic E-state index is 0.0126. The molecule has 1 aliphatic carbocycles. The molecule has 2 nitrogen and oxygen atoms in total. The van der Waals surface area contributed by atoms with Crippen LogP contribution >= 0.6 is 0 Å². The van der Waals surface area contributed by atoms with Crippen LogP contribution < -0.4 is 4.74 Å². The number of benzene rings is 2. The number of hydrogen-bond acceptors (Lipinski definition) is 2. The van der Waals surface area contributed by atoms with Gasteiger partial charge in [-0.15, -0.1) is 0 Å². The maximum atomic E-state index is 14.5. The zero-order valence-electron chi connectivity index (χ0n) is 19.3. The first kappa shape index (κ1) is 24.4. The molecule has 0 radical (unpaired) electrons. The van der Waals surface area contributed by atoms with Crippen molar-refractivity contribution < 1.29 is 18.3 Å². The Morgan fingerprint density at radius 1 is 0.875 bits per heavy atom. The number of hydrogen-bond donors (Lipinski definition) is 0. The first-order valence-corrected chi connectivity index (χ1v) is 12.3. The van der Waals surface area contributed by atoms with Gasteiger partial charge in [0.15, 0.2) is 11.6 Å². The minimum Gasteiger partial charge on any atom is -0.423 e. The standard InChI is InChI=1S/C28H36F2O2/c1-2-3-4-5-6-7-21-10-15-24(16-11-21)28(31)32-27-19-14-23(20-26(27)30)9-8-22-12-17-25(29)18-13-22/h12-14,17-21,24H,2-11,15-16H2,1H3. The lowest BCUT2D eigenvalue weighted by Crippen LogP contribution is -2.26. The first-order chi connectivity index (χ1) is 15.5. The summed E-state index contributed by atoms with van der Waals surface area (Å²) in [6.07, 6.45) is 12.9. The van der Waals surface area contributed by atoms with Crippen LogP contribution in [0.15, 0.2) is 42.5 Å². The van der Waals surface area contributed by atoms with E-state index in [9.17, 15) is 13.6 Å². The lowest BCUT2D eigenvalue weighted by atomic mass is 9.80. The molecule has 0 amide bonds. The van der Waals surface area contributed by atoms with Crippen molar-refractivity contribution in [3.63, 3.8) is 0 Å². The summed E-state index contributed by atoms with van der Waals surface area (Å²) in [5, 5.41) is 0. The second-order valence-electron chi connectivity index (χ2n) is 9.23. The Labute approximate surface area is 191 Å². The van der Waals surface area contributed by atoms with Crippen molar-refractivity contribution in [2.45, 2.75) is 84.0 Å². The van der Waals surface area contributed by atoms with Gasteiger partial charge in [-0.05, 0) is 79.8 Å². The van der Waals surface area contributed by atoms with Gasteiger partial charge in [0.05, 0.1) is 5.92 Å². The summed E-state index contributed by atoms with van der Waals surface area (Å²) in [6.45, 7) is 2.23. The summed E-state index contributed by atoms with van der Waals surface area (Å²) >= 11 is 0. The Kier molecular flexibility index (Phi) is 9.70. The van der Waals surface area contributed by atoms with E-state index in [1.165, 1.54) is 56.7 Å². The molecule has 4 heteroatoms. The van der Waals surface area contributed by atoms with E-state index in [0.29, 0.717) is 12.8 Å². The Balaban J connectivity index is 1.41. The van der Waals surface area contributed by atoms with Gasteiger partial charge in [0.2, 0.25) is 0 Å². The molecule has 0 saturated heterocycles. The molecule has 0 heterocycles. The minimum atomic E-state index is -0.504. The zero-order valence-corrected chi connectivity index (χ0v) is 19.3. The summed E-state index contributed by atoms with van der Waals surface area (Å²) in [7, 11) is 0. The zero-order chi connectivity index (χ0) is 22.8. The molecule has 3 rings (SSSR count). The molecule has 0 aromatic heterocycles. The van der Waals surface area contributed by atoms with E-state index >= 15 is 0 Å². The monoisotopic (exact) mass is 442 g/mol. The summed E-state index contributed by atoms with van der Waals surface area (Å²) in [5.41, 5.74) is 1.82. The van der Waals surface area contributed by atoms with Crippen LogP contribution in [0.2, 0.25) is 0 Å². The van der Waals surface area contributed by atoms with Crippen molar-refractivity contribution in [1.82, 2.24) is 0 Å². The SMILES string of the molecule is CCCCCCCC1CCC(C(=O)Oc2ccc(CCc3ccc(F)cc3)cc2F)CC1. The van der Waals surface area contributed by atoms with E-state index < -0.39 is 5.82 Å². The van der Waals surface area contributed by atoms with E-state index in [1.54, 1.807) is 24.3 Å². The Bertz CT molecular complexity index is 839. The molecule has 0 atom stereocenters. The molecule has 2 aromatic carbocycles. The lowest BCUT2D eigenvalue weighted by Gasteiger charge is -2.27. The number of carbonyl (C=O) groups excluding carboxylic acids is 1. The summed E-state index contributed by atoms with van der Waals surface area (Å²) in [6, 6.07) is 11.1. The number of esters is 1. The quantitative estimate of drug-likeness (QED) is 0.201. The van der Waals surface area contributed by atoms with Crippen LogP contribution in [0.25, 0.3) is 0 Å². The van der Waals surface area contributed by atoms with Crippen LogP contribution in [-0.4, -0.2) is 5.97 Å². The fourth-order valence-corrected chi connectivity index (χ4v) is 4.64. The highest BCUT2D eigenvalue weighted by Gasteiger charge is 2.28. The van der Waals surface area contributed by atoms with E-state index in [1.807, 2.05) is 0 Å². The average molecular weight is 443 g/mol. The molecule has 0 spiro atoms. The van der Waals surface area contributed by atoms with Crippen molar-refractivity contribution >= 4 is 5.97 Å². The lowest BCUT2D eigenvalue weighted by molar-refractivity contribution is -0.140. The van der Waals surface area contributed by atoms with Crippen molar-refractivity contribution in [3.8, 4) is 5.75 Å².